The Hall–Kier alpha value is -0.580. The second-order valence-corrected chi connectivity index (χ2v) is 3.32. The van der Waals surface area contributed by atoms with Crippen molar-refractivity contribution in [3.8, 4) is 5.75 Å². The summed E-state index contributed by atoms with van der Waals surface area (Å²) in [7, 11) is 0. The second kappa shape index (κ2) is 3.89. The van der Waals surface area contributed by atoms with Gasteiger partial charge in [-0.15, -0.1) is 0 Å². The van der Waals surface area contributed by atoms with Crippen molar-refractivity contribution in [2.45, 2.75) is 6.04 Å². The zero-order chi connectivity index (χ0) is 9.14. The molecule has 0 saturated heterocycles. The lowest BCUT2D eigenvalue weighted by Crippen LogP contribution is -2.15. The molecule has 0 heterocycles. The largest absolute Gasteiger partial charge is 0.508 e. The molecule has 12 heavy (non-hydrogen) atoms. The van der Waals surface area contributed by atoms with Crippen molar-refractivity contribution < 1.29 is 10.2 Å². The smallest absolute Gasteiger partial charge is 0.121 e. The molecule has 0 aliphatic heterocycles. The number of phenolic OH excluding ortho intramolecular Hbond substituents is 1. The molecule has 0 bridgehead atoms. The molecule has 1 rings (SSSR count). The highest BCUT2D eigenvalue weighted by Gasteiger charge is 2.12. The minimum atomic E-state index is -0.541. The van der Waals surface area contributed by atoms with Gasteiger partial charge in [0.15, 0.2) is 0 Å². The van der Waals surface area contributed by atoms with E-state index in [4.69, 9.17) is 10.8 Å². The molecule has 1 aromatic rings. The molecule has 3 nitrogen and oxygen atoms in total. The summed E-state index contributed by atoms with van der Waals surface area (Å²) in [5.41, 5.74) is 6.10. The topological polar surface area (TPSA) is 66.5 Å². The Morgan fingerprint density at radius 1 is 1.50 bits per heavy atom. The van der Waals surface area contributed by atoms with Crippen LogP contribution in [0.15, 0.2) is 22.7 Å². The number of rotatable bonds is 2. The van der Waals surface area contributed by atoms with Crippen molar-refractivity contribution in [2.75, 3.05) is 6.61 Å². The third-order valence-electron chi connectivity index (χ3n) is 1.60. The highest BCUT2D eigenvalue weighted by Crippen LogP contribution is 2.29. The number of hydrogen-bond donors (Lipinski definition) is 3. The standard InChI is InChI=1S/C8H10BrNO2/c9-5-2-1-3-7(12)8(5)6(10)4-11/h1-3,6,11-12H,4,10H2. The number of phenols is 1. The Balaban J connectivity index is 3.12. The van der Waals surface area contributed by atoms with Gasteiger partial charge < -0.3 is 15.9 Å². The lowest BCUT2D eigenvalue weighted by Gasteiger charge is -2.12. The molecule has 4 N–H and O–H groups in total. The van der Waals surface area contributed by atoms with E-state index in [1.165, 1.54) is 6.07 Å². The fourth-order valence-electron chi connectivity index (χ4n) is 0.984. The molecule has 1 aromatic carbocycles. The van der Waals surface area contributed by atoms with Gasteiger partial charge in [0, 0.05) is 10.0 Å². The first-order valence-electron chi connectivity index (χ1n) is 3.50. The molecule has 0 fully saturated rings. The zero-order valence-electron chi connectivity index (χ0n) is 6.37. The lowest BCUT2D eigenvalue weighted by molar-refractivity contribution is 0.265. The van der Waals surface area contributed by atoms with Crippen LogP contribution in [-0.4, -0.2) is 16.8 Å². The molecule has 0 aliphatic rings. The molecular formula is C8H10BrNO2. The highest BCUT2D eigenvalue weighted by atomic mass is 79.9. The van der Waals surface area contributed by atoms with Crippen molar-refractivity contribution >= 4 is 15.9 Å². The average Bonchev–Trinajstić information content (AvgIpc) is 2.03. The molecule has 1 atom stereocenters. The van der Waals surface area contributed by atoms with Crippen LogP contribution in [0.25, 0.3) is 0 Å². The van der Waals surface area contributed by atoms with Crippen LogP contribution in [0, 0.1) is 0 Å². The Morgan fingerprint density at radius 2 is 2.17 bits per heavy atom. The average molecular weight is 232 g/mol. The molecule has 0 radical (unpaired) electrons. The van der Waals surface area contributed by atoms with Crippen molar-refractivity contribution in [3.05, 3.63) is 28.2 Å². The molecule has 66 valence electrons. The Morgan fingerprint density at radius 3 is 2.67 bits per heavy atom. The fraction of sp³-hybridized carbons (Fsp3) is 0.250. The maximum atomic E-state index is 9.37. The highest BCUT2D eigenvalue weighted by molar-refractivity contribution is 9.10. The van der Waals surface area contributed by atoms with E-state index in [0.29, 0.717) is 10.0 Å². The maximum absolute atomic E-state index is 9.37. The minimum absolute atomic E-state index is 0.103. The molecule has 0 amide bonds. The Labute approximate surface area is 79.0 Å². The maximum Gasteiger partial charge on any atom is 0.121 e. The molecule has 4 heteroatoms. The summed E-state index contributed by atoms with van der Waals surface area (Å²) in [6.07, 6.45) is 0. The first-order chi connectivity index (χ1) is 5.66. The Kier molecular flexibility index (Phi) is 3.08. The third kappa shape index (κ3) is 1.77. The third-order valence-corrected chi connectivity index (χ3v) is 2.29. The first kappa shape index (κ1) is 9.51. The molecule has 0 spiro atoms. The van der Waals surface area contributed by atoms with Gasteiger partial charge in [-0.25, -0.2) is 0 Å². The second-order valence-electron chi connectivity index (χ2n) is 2.46. The summed E-state index contributed by atoms with van der Waals surface area (Å²) in [5, 5.41) is 18.2. The van der Waals surface area contributed by atoms with Gasteiger partial charge in [-0.3, -0.25) is 0 Å². The number of hydrogen-bond acceptors (Lipinski definition) is 3. The van der Waals surface area contributed by atoms with Gasteiger partial charge in [-0.2, -0.15) is 0 Å². The molecule has 1 unspecified atom stereocenters. The number of aliphatic hydroxyl groups excluding tert-OH is 1. The summed E-state index contributed by atoms with van der Waals surface area (Å²) in [6.45, 7) is -0.184. The van der Waals surface area contributed by atoms with Gasteiger partial charge in [-0.05, 0) is 12.1 Å². The van der Waals surface area contributed by atoms with E-state index in [-0.39, 0.29) is 12.4 Å². The number of halogens is 1. The van der Waals surface area contributed by atoms with Crippen LogP contribution < -0.4 is 5.73 Å². The van der Waals surface area contributed by atoms with Crippen molar-refractivity contribution in [1.82, 2.24) is 0 Å². The van der Waals surface area contributed by atoms with Crippen molar-refractivity contribution in [3.63, 3.8) is 0 Å². The predicted molar refractivity (Wildman–Crippen MR) is 49.8 cm³/mol. The fourth-order valence-corrected chi connectivity index (χ4v) is 1.63. The van der Waals surface area contributed by atoms with Gasteiger partial charge in [0.1, 0.15) is 5.75 Å². The summed E-state index contributed by atoms with van der Waals surface area (Å²) >= 11 is 3.24. The minimum Gasteiger partial charge on any atom is -0.508 e. The number of aromatic hydroxyl groups is 1. The van der Waals surface area contributed by atoms with Crippen LogP contribution in [0.4, 0.5) is 0 Å². The van der Waals surface area contributed by atoms with Gasteiger partial charge in [0.2, 0.25) is 0 Å². The van der Waals surface area contributed by atoms with Crippen LogP contribution in [0.5, 0.6) is 5.75 Å². The van der Waals surface area contributed by atoms with Crippen molar-refractivity contribution in [2.24, 2.45) is 5.73 Å². The van der Waals surface area contributed by atoms with E-state index in [9.17, 15) is 5.11 Å². The quantitative estimate of drug-likeness (QED) is 0.716. The summed E-state index contributed by atoms with van der Waals surface area (Å²) in [4.78, 5) is 0. The number of nitrogens with two attached hydrogens (primary N) is 1. The van der Waals surface area contributed by atoms with E-state index in [0.717, 1.165) is 0 Å². The van der Waals surface area contributed by atoms with Crippen LogP contribution in [0.1, 0.15) is 11.6 Å². The number of benzene rings is 1. The van der Waals surface area contributed by atoms with Gasteiger partial charge in [0.05, 0.1) is 12.6 Å². The summed E-state index contributed by atoms with van der Waals surface area (Å²) in [5.74, 6) is 0.103. The van der Waals surface area contributed by atoms with Gasteiger partial charge >= 0.3 is 0 Å². The van der Waals surface area contributed by atoms with E-state index in [2.05, 4.69) is 15.9 Å². The predicted octanol–water partition coefficient (Wildman–Crippen LogP) is 1.15. The SMILES string of the molecule is NC(CO)c1c(O)cccc1Br. The van der Waals surface area contributed by atoms with Crippen LogP contribution >= 0.6 is 15.9 Å². The molecule has 0 aliphatic carbocycles. The summed E-state index contributed by atoms with van der Waals surface area (Å²) < 4.78 is 0.712. The zero-order valence-corrected chi connectivity index (χ0v) is 7.95. The van der Waals surface area contributed by atoms with Gasteiger partial charge in [0.25, 0.3) is 0 Å². The molecule has 0 aromatic heterocycles. The van der Waals surface area contributed by atoms with Gasteiger partial charge in [-0.1, -0.05) is 22.0 Å². The monoisotopic (exact) mass is 231 g/mol. The lowest BCUT2D eigenvalue weighted by atomic mass is 10.1. The van der Waals surface area contributed by atoms with Crippen molar-refractivity contribution in [1.29, 1.82) is 0 Å². The van der Waals surface area contributed by atoms with E-state index in [1.54, 1.807) is 12.1 Å². The molecular weight excluding hydrogens is 222 g/mol. The first-order valence-corrected chi connectivity index (χ1v) is 4.30. The summed E-state index contributed by atoms with van der Waals surface area (Å²) in [6, 6.07) is 4.47. The molecule has 0 saturated carbocycles. The number of aliphatic hydroxyl groups is 1. The van der Waals surface area contributed by atoms with E-state index in [1.807, 2.05) is 0 Å². The van der Waals surface area contributed by atoms with Crippen LogP contribution in [0.3, 0.4) is 0 Å². The Bertz CT molecular complexity index is 258. The van der Waals surface area contributed by atoms with Crippen LogP contribution in [-0.2, 0) is 0 Å². The van der Waals surface area contributed by atoms with E-state index >= 15 is 0 Å². The van der Waals surface area contributed by atoms with E-state index < -0.39 is 6.04 Å². The normalized spacial score (nSPS) is 12.9. The van der Waals surface area contributed by atoms with Crippen LogP contribution in [0.2, 0.25) is 0 Å².